The van der Waals surface area contributed by atoms with Gasteiger partial charge < -0.3 is 9.47 Å². The Kier molecular flexibility index (Phi) is 5.14. The van der Waals surface area contributed by atoms with E-state index in [4.69, 9.17) is 9.47 Å². The van der Waals surface area contributed by atoms with Crippen molar-refractivity contribution in [2.45, 2.75) is 18.0 Å². The molecule has 2 aromatic carbocycles. The highest BCUT2D eigenvalue weighted by molar-refractivity contribution is 7.89. The first kappa shape index (κ1) is 18.4. The number of benzene rings is 2. The normalized spacial score (nSPS) is 18.7. The number of sulfonamides is 1. The highest BCUT2D eigenvalue weighted by atomic mass is 32.2. The molecule has 0 atom stereocenters. The van der Waals surface area contributed by atoms with Crippen LogP contribution in [0.1, 0.15) is 11.1 Å². The van der Waals surface area contributed by atoms with Crippen LogP contribution in [0.5, 0.6) is 5.75 Å². The molecule has 2 heterocycles. The molecule has 6 nitrogen and oxygen atoms in total. The first-order valence-electron chi connectivity index (χ1n) is 8.83. The van der Waals surface area contributed by atoms with E-state index in [1.165, 1.54) is 16.4 Å². The molecule has 0 radical (unpaired) electrons. The summed E-state index contributed by atoms with van der Waals surface area (Å²) in [4.78, 5) is 2.43. The number of nitrogens with zero attached hydrogens (tertiary/aromatic N) is 2. The molecule has 2 aromatic rings. The van der Waals surface area contributed by atoms with Crippen LogP contribution in [0.4, 0.5) is 4.39 Å². The van der Waals surface area contributed by atoms with Gasteiger partial charge in [-0.2, -0.15) is 4.31 Å². The third-order valence-corrected chi connectivity index (χ3v) is 6.77. The summed E-state index contributed by atoms with van der Waals surface area (Å²) < 4.78 is 51.6. The maximum atomic E-state index is 13.9. The molecule has 0 spiro atoms. The minimum atomic E-state index is -3.47. The van der Waals surface area contributed by atoms with E-state index in [1.807, 2.05) is 0 Å². The Hall–Kier alpha value is -2.00. The van der Waals surface area contributed by atoms with Gasteiger partial charge in [-0.15, -0.1) is 0 Å². The van der Waals surface area contributed by atoms with Gasteiger partial charge in [-0.05, 0) is 24.3 Å². The second kappa shape index (κ2) is 7.55. The fourth-order valence-corrected chi connectivity index (χ4v) is 4.93. The van der Waals surface area contributed by atoms with Gasteiger partial charge in [-0.1, -0.05) is 18.2 Å². The van der Waals surface area contributed by atoms with Crippen LogP contribution in [0, 0.1) is 5.82 Å². The summed E-state index contributed by atoms with van der Waals surface area (Å²) >= 11 is 0. The number of ether oxygens (including phenoxy) is 2. The summed E-state index contributed by atoms with van der Waals surface area (Å²) in [5, 5.41) is 0. The van der Waals surface area contributed by atoms with Crippen molar-refractivity contribution in [3.63, 3.8) is 0 Å². The van der Waals surface area contributed by atoms with Crippen molar-refractivity contribution in [3.05, 3.63) is 59.4 Å². The molecule has 0 bridgehead atoms. The average Bonchev–Trinajstić information content (AvgIpc) is 2.69. The van der Waals surface area contributed by atoms with E-state index in [0.717, 1.165) is 5.56 Å². The molecular weight excluding hydrogens is 371 g/mol. The molecule has 0 saturated carbocycles. The summed E-state index contributed by atoms with van der Waals surface area (Å²) in [5.41, 5.74) is 1.48. The lowest BCUT2D eigenvalue weighted by Crippen LogP contribution is -2.48. The maximum absolute atomic E-state index is 13.9. The summed E-state index contributed by atoms with van der Waals surface area (Å²) in [5.74, 6) is 0.366. The van der Waals surface area contributed by atoms with Crippen molar-refractivity contribution in [2.24, 2.45) is 0 Å². The second-order valence-corrected chi connectivity index (χ2v) is 8.60. The number of hydrogen-bond acceptors (Lipinski definition) is 5. The first-order chi connectivity index (χ1) is 13.0. The molecular formula is C19H21FN2O4S. The SMILES string of the molecule is O=S(=O)(c1ccccc1)N1CCN(Cc2cc(F)cc3c2OCOC3)CC1. The first-order valence-corrected chi connectivity index (χ1v) is 10.3. The van der Waals surface area contributed by atoms with Gasteiger partial charge in [0.05, 0.1) is 11.5 Å². The Bertz CT molecular complexity index is 913. The Labute approximate surface area is 158 Å². The molecule has 27 heavy (non-hydrogen) atoms. The van der Waals surface area contributed by atoms with Crippen molar-refractivity contribution in [2.75, 3.05) is 33.0 Å². The Morgan fingerprint density at radius 1 is 1.04 bits per heavy atom. The maximum Gasteiger partial charge on any atom is 0.243 e. The van der Waals surface area contributed by atoms with Gasteiger partial charge in [-0.25, -0.2) is 12.8 Å². The van der Waals surface area contributed by atoms with Gasteiger partial charge >= 0.3 is 0 Å². The van der Waals surface area contributed by atoms with Crippen molar-refractivity contribution in [1.29, 1.82) is 0 Å². The minimum absolute atomic E-state index is 0.161. The van der Waals surface area contributed by atoms with E-state index in [2.05, 4.69) is 4.90 Å². The molecule has 2 aliphatic heterocycles. The molecule has 0 amide bonds. The van der Waals surface area contributed by atoms with Crippen molar-refractivity contribution in [3.8, 4) is 5.75 Å². The lowest BCUT2D eigenvalue weighted by Gasteiger charge is -2.34. The highest BCUT2D eigenvalue weighted by Gasteiger charge is 2.29. The van der Waals surface area contributed by atoms with E-state index in [1.54, 1.807) is 30.3 Å². The van der Waals surface area contributed by atoms with Crippen LogP contribution in [-0.2, 0) is 27.9 Å². The van der Waals surface area contributed by atoms with Gasteiger partial charge in [0.25, 0.3) is 0 Å². The van der Waals surface area contributed by atoms with E-state index in [-0.39, 0.29) is 12.6 Å². The molecule has 0 unspecified atom stereocenters. The minimum Gasteiger partial charge on any atom is -0.467 e. The van der Waals surface area contributed by atoms with Crippen LogP contribution in [0.15, 0.2) is 47.4 Å². The van der Waals surface area contributed by atoms with Crippen molar-refractivity contribution >= 4 is 10.0 Å². The number of halogens is 1. The van der Waals surface area contributed by atoms with Crippen LogP contribution in [0.25, 0.3) is 0 Å². The summed E-state index contributed by atoms with van der Waals surface area (Å²) in [6.45, 7) is 2.97. The molecule has 0 N–H and O–H groups in total. The quantitative estimate of drug-likeness (QED) is 0.798. The number of hydrogen-bond donors (Lipinski definition) is 0. The van der Waals surface area contributed by atoms with E-state index >= 15 is 0 Å². The van der Waals surface area contributed by atoms with Gasteiger partial charge in [0.1, 0.15) is 11.6 Å². The topological polar surface area (TPSA) is 59.1 Å². The van der Waals surface area contributed by atoms with Gasteiger partial charge in [-0.3, -0.25) is 4.90 Å². The molecule has 0 aromatic heterocycles. The van der Waals surface area contributed by atoms with Gasteiger partial charge in [0.15, 0.2) is 6.79 Å². The fraction of sp³-hybridized carbons (Fsp3) is 0.368. The number of fused-ring (bicyclic) bond motifs is 1. The largest absolute Gasteiger partial charge is 0.467 e. The summed E-state index contributed by atoms with van der Waals surface area (Å²) in [6, 6.07) is 11.4. The smallest absolute Gasteiger partial charge is 0.243 e. The molecule has 1 fully saturated rings. The van der Waals surface area contributed by atoms with Crippen LogP contribution in [0.3, 0.4) is 0 Å². The average molecular weight is 392 g/mol. The number of piperazine rings is 1. The second-order valence-electron chi connectivity index (χ2n) is 6.66. The van der Waals surface area contributed by atoms with Gasteiger partial charge in [0.2, 0.25) is 10.0 Å². The molecule has 8 heteroatoms. The third-order valence-electron chi connectivity index (χ3n) is 4.86. The standard InChI is InChI=1S/C19H21FN2O4S/c20-17-10-15(19-16(11-17)13-25-14-26-19)12-21-6-8-22(9-7-21)27(23,24)18-4-2-1-3-5-18/h1-5,10-11H,6-9,12-14H2. The third kappa shape index (κ3) is 3.84. The van der Waals surface area contributed by atoms with Crippen molar-refractivity contribution in [1.82, 2.24) is 9.21 Å². The predicted octanol–water partition coefficient (Wildman–Crippen LogP) is 2.20. The molecule has 4 rings (SSSR count). The van der Waals surface area contributed by atoms with E-state index < -0.39 is 10.0 Å². The monoisotopic (exact) mass is 392 g/mol. The predicted molar refractivity (Wildman–Crippen MR) is 97.2 cm³/mol. The van der Waals surface area contributed by atoms with Crippen LogP contribution < -0.4 is 4.74 Å². The van der Waals surface area contributed by atoms with E-state index in [0.29, 0.717) is 55.5 Å². The zero-order valence-electron chi connectivity index (χ0n) is 14.8. The number of rotatable bonds is 4. The summed E-state index contributed by atoms with van der Waals surface area (Å²) in [7, 11) is -3.47. The van der Waals surface area contributed by atoms with Crippen LogP contribution in [0.2, 0.25) is 0 Å². The molecule has 1 saturated heterocycles. The Balaban J connectivity index is 1.44. The Morgan fingerprint density at radius 2 is 1.78 bits per heavy atom. The molecule has 144 valence electrons. The highest BCUT2D eigenvalue weighted by Crippen LogP contribution is 2.30. The lowest BCUT2D eigenvalue weighted by atomic mass is 10.1. The molecule has 0 aliphatic carbocycles. The summed E-state index contributed by atoms with van der Waals surface area (Å²) in [6.07, 6.45) is 0. The zero-order valence-corrected chi connectivity index (χ0v) is 15.6. The van der Waals surface area contributed by atoms with E-state index in [9.17, 15) is 12.8 Å². The van der Waals surface area contributed by atoms with Gasteiger partial charge in [0, 0.05) is 43.9 Å². The zero-order chi connectivity index (χ0) is 18.9. The van der Waals surface area contributed by atoms with Crippen molar-refractivity contribution < 1.29 is 22.3 Å². The van der Waals surface area contributed by atoms with Crippen LogP contribution in [-0.4, -0.2) is 50.6 Å². The lowest BCUT2D eigenvalue weighted by molar-refractivity contribution is -0.0178. The fourth-order valence-electron chi connectivity index (χ4n) is 3.48. The molecule has 2 aliphatic rings. The Morgan fingerprint density at radius 3 is 2.52 bits per heavy atom. The van der Waals surface area contributed by atoms with Crippen LogP contribution >= 0.6 is 0 Å².